The largest absolute Gasteiger partial charge is 0.325 e. The van der Waals surface area contributed by atoms with Gasteiger partial charge in [-0.25, -0.2) is 12.7 Å². The van der Waals surface area contributed by atoms with Crippen molar-refractivity contribution in [1.82, 2.24) is 4.31 Å². The molecule has 1 aromatic carbocycles. The highest BCUT2D eigenvalue weighted by molar-refractivity contribution is 9.11. The Balaban J connectivity index is 1.97. The van der Waals surface area contributed by atoms with Gasteiger partial charge in [0.05, 0.1) is 11.4 Å². The van der Waals surface area contributed by atoms with Gasteiger partial charge in [-0.2, -0.15) is 0 Å². The molecule has 1 aliphatic heterocycles. The second-order valence-electron chi connectivity index (χ2n) is 5.19. The summed E-state index contributed by atoms with van der Waals surface area (Å²) in [6.07, 6.45) is 1.10. The van der Waals surface area contributed by atoms with E-state index in [-0.39, 0.29) is 17.6 Å². The number of halogens is 2. The molecule has 1 amide bonds. The molecule has 0 aromatic heterocycles. The topological polar surface area (TPSA) is 66.5 Å². The van der Waals surface area contributed by atoms with Crippen molar-refractivity contribution >= 4 is 53.5 Å². The first kappa shape index (κ1) is 17.9. The third-order valence-corrected chi connectivity index (χ3v) is 6.84. The number of nitrogens with zero attached hydrogens (tertiary/aromatic N) is 1. The number of amides is 1. The van der Waals surface area contributed by atoms with Gasteiger partial charge in [0.2, 0.25) is 15.9 Å². The van der Waals surface area contributed by atoms with Gasteiger partial charge >= 0.3 is 0 Å². The molecule has 0 atom stereocenters. The van der Waals surface area contributed by atoms with E-state index in [9.17, 15) is 13.2 Å². The Labute approximate surface area is 147 Å². The fourth-order valence-electron chi connectivity index (χ4n) is 2.41. The van der Waals surface area contributed by atoms with Gasteiger partial charge in [0.15, 0.2) is 0 Å². The minimum Gasteiger partial charge on any atom is -0.325 e. The highest BCUT2D eigenvalue weighted by atomic mass is 79.9. The van der Waals surface area contributed by atoms with E-state index < -0.39 is 10.0 Å². The van der Waals surface area contributed by atoms with E-state index in [1.807, 2.05) is 18.2 Å². The zero-order chi connectivity index (χ0) is 16.3. The van der Waals surface area contributed by atoms with Gasteiger partial charge in [-0.3, -0.25) is 4.79 Å². The first-order chi connectivity index (χ1) is 10.3. The van der Waals surface area contributed by atoms with Gasteiger partial charge in [-0.15, -0.1) is 0 Å². The van der Waals surface area contributed by atoms with Crippen molar-refractivity contribution < 1.29 is 13.2 Å². The third-order valence-electron chi connectivity index (χ3n) is 3.77. The fraction of sp³-hybridized carbons (Fsp3) is 0.500. The van der Waals surface area contributed by atoms with Crippen LogP contribution in [0.2, 0.25) is 0 Å². The lowest BCUT2D eigenvalue weighted by Crippen LogP contribution is -2.42. The summed E-state index contributed by atoms with van der Waals surface area (Å²) in [5, 5.41) is 2.90. The lowest BCUT2D eigenvalue weighted by atomic mass is 9.97. The van der Waals surface area contributed by atoms with Crippen LogP contribution in [0.1, 0.15) is 19.8 Å². The van der Waals surface area contributed by atoms with Gasteiger partial charge in [-0.05, 0) is 53.9 Å². The molecule has 1 heterocycles. The average molecular weight is 454 g/mol. The Bertz CT molecular complexity index is 656. The van der Waals surface area contributed by atoms with E-state index in [0.29, 0.717) is 31.6 Å². The van der Waals surface area contributed by atoms with E-state index in [2.05, 4.69) is 37.2 Å². The number of anilines is 1. The second kappa shape index (κ2) is 7.42. The maximum Gasteiger partial charge on any atom is 0.227 e. The zero-order valence-electron chi connectivity index (χ0n) is 12.2. The molecule has 1 saturated heterocycles. The summed E-state index contributed by atoms with van der Waals surface area (Å²) in [6, 6.07) is 5.57. The SMILES string of the molecule is CCS(=O)(=O)N1CCC(C(=O)Nc2cc(Br)ccc2Br)CC1. The first-order valence-corrected chi connectivity index (χ1v) is 10.3. The summed E-state index contributed by atoms with van der Waals surface area (Å²) in [4.78, 5) is 12.3. The van der Waals surface area contributed by atoms with Gasteiger partial charge in [0.1, 0.15) is 0 Å². The summed E-state index contributed by atoms with van der Waals surface area (Å²) < 4.78 is 26.8. The average Bonchev–Trinajstić information content (AvgIpc) is 2.51. The molecular weight excluding hydrogens is 436 g/mol. The maximum atomic E-state index is 12.3. The number of piperidine rings is 1. The molecule has 1 N–H and O–H groups in total. The van der Waals surface area contributed by atoms with Crippen LogP contribution in [0.15, 0.2) is 27.1 Å². The van der Waals surface area contributed by atoms with E-state index in [0.717, 1.165) is 8.95 Å². The molecule has 1 aromatic rings. The van der Waals surface area contributed by atoms with E-state index in [1.165, 1.54) is 4.31 Å². The second-order valence-corrected chi connectivity index (χ2v) is 9.21. The van der Waals surface area contributed by atoms with Crippen LogP contribution in [0, 0.1) is 5.92 Å². The number of rotatable bonds is 4. The zero-order valence-corrected chi connectivity index (χ0v) is 16.2. The first-order valence-electron chi connectivity index (χ1n) is 7.07. The summed E-state index contributed by atoms with van der Waals surface area (Å²) >= 11 is 6.78. The Hall–Kier alpha value is -0.440. The summed E-state index contributed by atoms with van der Waals surface area (Å²) in [7, 11) is -3.15. The minimum atomic E-state index is -3.15. The third kappa shape index (κ3) is 4.31. The minimum absolute atomic E-state index is 0.0626. The van der Waals surface area contributed by atoms with Gasteiger partial charge in [0.25, 0.3) is 0 Å². The van der Waals surface area contributed by atoms with E-state index in [4.69, 9.17) is 0 Å². The molecule has 22 heavy (non-hydrogen) atoms. The van der Waals surface area contributed by atoms with Gasteiger partial charge in [0, 0.05) is 28.0 Å². The van der Waals surface area contributed by atoms with Crippen molar-refractivity contribution in [2.24, 2.45) is 5.92 Å². The molecule has 0 radical (unpaired) electrons. The highest BCUT2D eigenvalue weighted by Gasteiger charge is 2.30. The van der Waals surface area contributed by atoms with Crippen LogP contribution >= 0.6 is 31.9 Å². The van der Waals surface area contributed by atoms with Crippen molar-refractivity contribution in [2.75, 3.05) is 24.2 Å². The summed E-state index contributed by atoms with van der Waals surface area (Å²) in [5.41, 5.74) is 0.711. The molecule has 1 aliphatic rings. The number of carbonyl (C=O) groups is 1. The van der Waals surface area contributed by atoms with Crippen molar-refractivity contribution in [3.05, 3.63) is 27.1 Å². The van der Waals surface area contributed by atoms with Crippen molar-refractivity contribution in [3.63, 3.8) is 0 Å². The quantitative estimate of drug-likeness (QED) is 0.760. The highest BCUT2D eigenvalue weighted by Crippen LogP contribution is 2.28. The van der Waals surface area contributed by atoms with Crippen molar-refractivity contribution in [3.8, 4) is 0 Å². The van der Waals surface area contributed by atoms with Crippen LogP contribution in [0.3, 0.4) is 0 Å². The molecule has 0 saturated carbocycles. The molecule has 122 valence electrons. The lowest BCUT2D eigenvalue weighted by Gasteiger charge is -2.30. The van der Waals surface area contributed by atoms with Crippen LogP contribution in [-0.2, 0) is 14.8 Å². The molecule has 5 nitrogen and oxygen atoms in total. The van der Waals surface area contributed by atoms with Gasteiger partial charge < -0.3 is 5.32 Å². The molecule has 0 bridgehead atoms. The summed E-state index contributed by atoms with van der Waals surface area (Å²) in [5.74, 6) is -0.115. The molecular formula is C14H18Br2N2O3S. The predicted octanol–water partition coefficient (Wildman–Crippen LogP) is 3.21. The van der Waals surface area contributed by atoms with Crippen LogP contribution < -0.4 is 5.32 Å². The predicted molar refractivity (Wildman–Crippen MR) is 94.2 cm³/mol. The van der Waals surface area contributed by atoms with Crippen molar-refractivity contribution in [2.45, 2.75) is 19.8 Å². The molecule has 1 fully saturated rings. The van der Waals surface area contributed by atoms with Crippen LogP contribution in [0.5, 0.6) is 0 Å². The lowest BCUT2D eigenvalue weighted by molar-refractivity contribution is -0.120. The number of benzene rings is 1. The molecule has 8 heteroatoms. The fourth-order valence-corrected chi connectivity index (χ4v) is 4.25. The smallest absolute Gasteiger partial charge is 0.227 e. The van der Waals surface area contributed by atoms with Crippen molar-refractivity contribution in [1.29, 1.82) is 0 Å². The Morgan fingerprint density at radius 3 is 2.55 bits per heavy atom. The maximum absolute atomic E-state index is 12.3. The Kier molecular flexibility index (Phi) is 6.04. The van der Waals surface area contributed by atoms with Crippen LogP contribution in [-0.4, -0.2) is 37.5 Å². The van der Waals surface area contributed by atoms with Crippen LogP contribution in [0.4, 0.5) is 5.69 Å². The molecule has 2 rings (SSSR count). The van der Waals surface area contributed by atoms with Crippen LogP contribution in [0.25, 0.3) is 0 Å². The Morgan fingerprint density at radius 2 is 1.95 bits per heavy atom. The summed E-state index contributed by atoms with van der Waals surface area (Å²) in [6.45, 7) is 2.46. The number of sulfonamides is 1. The number of carbonyl (C=O) groups excluding carboxylic acids is 1. The number of nitrogens with one attached hydrogen (secondary N) is 1. The van der Waals surface area contributed by atoms with Gasteiger partial charge in [-0.1, -0.05) is 15.9 Å². The molecule has 0 aliphatic carbocycles. The standard InChI is InChI=1S/C14H18Br2N2O3S/c1-2-22(20,21)18-7-5-10(6-8-18)14(19)17-13-9-11(15)3-4-12(13)16/h3-4,9-10H,2,5-8H2,1H3,(H,17,19). The van der Waals surface area contributed by atoms with E-state index >= 15 is 0 Å². The number of hydrogen-bond donors (Lipinski definition) is 1. The Morgan fingerprint density at radius 1 is 1.32 bits per heavy atom. The molecule has 0 spiro atoms. The van der Waals surface area contributed by atoms with E-state index in [1.54, 1.807) is 6.92 Å². The molecule has 0 unspecified atom stereocenters. The monoisotopic (exact) mass is 452 g/mol. The normalized spacial score (nSPS) is 17.4. The number of hydrogen-bond acceptors (Lipinski definition) is 3.